The Bertz CT molecular complexity index is 753. The Morgan fingerprint density at radius 1 is 1.33 bits per heavy atom. The molecule has 126 valence electrons. The van der Waals surface area contributed by atoms with Crippen molar-refractivity contribution in [3.05, 3.63) is 46.6 Å². The highest BCUT2D eigenvalue weighted by Gasteiger charge is 2.20. The fourth-order valence-electron chi connectivity index (χ4n) is 1.86. The summed E-state index contributed by atoms with van der Waals surface area (Å²) in [4.78, 5) is 32.2. The Kier molecular flexibility index (Phi) is 6.16. The number of hydrogen-bond acceptors (Lipinski definition) is 7. The number of anilines is 1. The summed E-state index contributed by atoms with van der Waals surface area (Å²) in [7, 11) is 0. The topological polar surface area (TPSA) is 95.2 Å². The number of benzene rings is 1. The van der Waals surface area contributed by atoms with Crippen LogP contribution in [0.15, 0.2) is 35.6 Å². The number of rotatable bonds is 6. The molecule has 0 saturated carbocycles. The Morgan fingerprint density at radius 2 is 2.00 bits per heavy atom. The van der Waals surface area contributed by atoms with E-state index in [0.717, 1.165) is 11.8 Å². The average Bonchev–Trinajstić information content (AvgIpc) is 2.55. The molecule has 1 aromatic carbocycles. The van der Waals surface area contributed by atoms with Crippen molar-refractivity contribution in [2.75, 3.05) is 12.3 Å². The number of ether oxygens (including phenoxy) is 1. The largest absolute Gasteiger partial charge is 0.462 e. The van der Waals surface area contributed by atoms with Crippen LogP contribution in [0, 0.1) is 0 Å². The van der Waals surface area contributed by atoms with Gasteiger partial charge in [0.05, 0.1) is 11.9 Å². The van der Waals surface area contributed by atoms with Crippen LogP contribution in [0.3, 0.4) is 0 Å². The predicted molar refractivity (Wildman–Crippen MR) is 93.5 cm³/mol. The van der Waals surface area contributed by atoms with Crippen LogP contribution in [0.25, 0.3) is 0 Å². The molecule has 0 saturated heterocycles. The van der Waals surface area contributed by atoms with Crippen LogP contribution in [0.1, 0.15) is 34.6 Å². The number of aromatic nitrogens is 2. The molecule has 1 atom stereocenters. The molecule has 0 bridgehead atoms. The summed E-state index contributed by atoms with van der Waals surface area (Å²) in [5.41, 5.74) is 6.43. The number of nitrogens with two attached hydrogens (primary N) is 1. The maximum atomic E-state index is 12.4. The Morgan fingerprint density at radius 3 is 2.58 bits per heavy atom. The number of thioether (sulfide) groups is 1. The third kappa shape index (κ3) is 4.46. The van der Waals surface area contributed by atoms with Crippen molar-refractivity contribution in [1.29, 1.82) is 0 Å². The molecule has 2 rings (SSSR count). The lowest BCUT2D eigenvalue weighted by atomic mass is 10.1. The Labute approximate surface area is 148 Å². The lowest BCUT2D eigenvalue weighted by molar-refractivity contribution is 0.0526. The molecule has 0 aliphatic heterocycles. The van der Waals surface area contributed by atoms with Crippen LogP contribution in [0.2, 0.25) is 5.02 Å². The summed E-state index contributed by atoms with van der Waals surface area (Å²) in [6.45, 7) is 3.69. The van der Waals surface area contributed by atoms with Crippen molar-refractivity contribution >= 4 is 40.9 Å². The van der Waals surface area contributed by atoms with Gasteiger partial charge in [0.25, 0.3) is 0 Å². The maximum Gasteiger partial charge on any atom is 0.343 e. The van der Waals surface area contributed by atoms with Crippen molar-refractivity contribution in [1.82, 2.24) is 9.97 Å². The molecular weight excluding hydrogens is 350 g/mol. The zero-order chi connectivity index (χ0) is 17.7. The van der Waals surface area contributed by atoms with Gasteiger partial charge in [-0.25, -0.2) is 14.8 Å². The number of carbonyl (C=O) groups is 2. The zero-order valence-electron chi connectivity index (χ0n) is 13.2. The number of halogens is 1. The minimum absolute atomic E-state index is 0.0251. The molecule has 24 heavy (non-hydrogen) atoms. The van der Waals surface area contributed by atoms with E-state index in [9.17, 15) is 9.59 Å². The lowest BCUT2D eigenvalue weighted by Crippen LogP contribution is -2.15. The highest BCUT2D eigenvalue weighted by atomic mass is 35.5. The molecule has 0 amide bonds. The second-order valence-electron chi connectivity index (χ2n) is 4.80. The number of carbonyl (C=O) groups excluding carboxylic acids is 2. The van der Waals surface area contributed by atoms with Crippen molar-refractivity contribution in [3.8, 4) is 0 Å². The van der Waals surface area contributed by atoms with Gasteiger partial charge in [0.2, 0.25) is 0 Å². The minimum atomic E-state index is -0.572. The number of ketones is 1. The molecule has 6 nitrogen and oxygen atoms in total. The van der Waals surface area contributed by atoms with Gasteiger partial charge in [0.1, 0.15) is 11.4 Å². The monoisotopic (exact) mass is 365 g/mol. The van der Waals surface area contributed by atoms with Crippen LogP contribution in [0.4, 0.5) is 5.82 Å². The number of nitrogens with zero attached hydrogens (tertiary/aromatic N) is 2. The molecule has 1 heterocycles. The first-order chi connectivity index (χ1) is 11.4. The first kappa shape index (κ1) is 18.2. The van der Waals surface area contributed by atoms with Crippen LogP contribution in [-0.4, -0.2) is 33.6 Å². The van der Waals surface area contributed by atoms with Crippen LogP contribution in [-0.2, 0) is 4.74 Å². The van der Waals surface area contributed by atoms with Gasteiger partial charge in [-0.3, -0.25) is 4.79 Å². The summed E-state index contributed by atoms with van der Waals surface area (Å²) < 4.78 is 4.86. The molecule has 1 aromatic heterocycles. The Balaban J connectivity index is 2.10. The first-order valence-electron chi connectivity index (χ1n) is 7.18. The van der Waals surface area contributed by atoms with Crippen molar-refractivity contribution < 1.29 is 14.3 Å². The first-order valence-corrected chi connectivity index (χ1v) is 8.44. The van der Waals surface area contributed by atoms with E-state index in [4.69, 9.17) is 22.1 Å². The fraction of sp³-hybridized carbons (Fsp3) is 0.250. The third-order valence-electron chi connectivity index (χ3n) is 3.07. The van der Waals surface area contributed by atoms with E-state index < -0.39 is 11.2 Å². The average molecular weight is 366 g/mol. The van der Waals surface area contributed by atoms with E-state index in [0.29, 0.717) is 15.7 Å². The molecule has 0 fully saturated rings. The smallest absolute Gasteiger partial charge is 0.343 e. The molecule has 0 aliphatic rings. The highest BCUT2D eigenvalue weighted by molar-refractivity contribution is 8.00. The summed E-state index contributed by atoms with van der Waals surface area (Å²) in [6, 6.07) is 6.66. The normalized spacial score (nSPS) is 11.8. The second-order valence-corrected chi connectivity index (χ2v) is 6.55. The molecule has 0 spiro atoms. The molecule has 2 aromatic rings. The zero-order valence-corrected chi connectivity index (χ0v) is 14.7. The van der Waals surface area contributed by atoms with Crippen molar-refractivity contribution in [2.24, 2.45) is 0 Å². The van der Waals surface area contributed by atoms with Crippen molar-refractivity contribution in [2.45, 2.75) is 24.3 Å². The summed E-state index contributed by atoms with van der Waals surface area (Å²) in [5, 5.41) is 0.465. The molecule has 2 N–H and O–H groups in total. The third-order valence-corrected chi connectivity index (χ3v) is 4.30. The second kappa shape index (κ2) is 8.12. The van der Waals surface area contributed by atoms with E-state index >= 15 is 0 Å². The van der Waals surface area contributed by atoms with Gasteiger partial charge >= 0.3 is 5.97 Å². The quantitative estimate of drug-likeness (QED) is 0.363. The summed E-state index contributed by atoms with van der Waals surface area (Å²) in [6.07, 6.45) is 1.31. The van der Waals surface area contributed by atoms with Gasteiger partial charge < -0.3 is 10.5 Å². The maximum absolute atomic E-state index is 12.4. The van der Waals surface area contributed by atoms with E-state index in [-0.39, 0.29) is 23.8 Å². The lowest BCUT2D eigenvalue weighted by Gasteiger charge is -2.10. The molecule has 0 radical (unpaired) electrons. The number of esters is 1. The number of nitrogen functional groups attached to an aromatic ring is 1. The molecule has 0 aliphatic carbocycles. The van der Waals surface area contributed by atoms with Gasteiger partial charge in [-0.1, -0.05) is 23.4 Å². The van der Waals surface area contributed by atoms with Gasteiger partial charge in [0, 0.05) is 16.8 Å². The van der Waals surface area contributed by atoms with E-state index in [2.05, 4.69) is 9.97 Å². The molecule has 1 unspecified atom stereocenters. The van der Waals surface area contributed by atoms with Crippen LogP contribution < -0.4 is 5.73 Å². The number of hydrogen-bond donors (Lipinski definition) is 1. The molecule has 8 heteroatoms. The SMILES string of the molecule is CCOC(=O)c1cnc(SC(C)C(=O)c2ccc(Cl)cc2)nc1N. The minimum Gasteiger partial charge on any atom is -0.462 e. The standard InChI is InChI=1S/C16H16ClN3O3S/c1-3-23-15(22)12-8-19-16(20-14(12)18)24-9(2)13(21)10-4-6-11(17)7-5-10/h4-9H,3H2,1-2H3,(H2,18,19,20). The van der Waals surface area contributed by atoms with Gasteiger partial charge in [-0.05, 0) is 38.1 Å². The predicted octanol–water partition coefficient (Wildman–Crippen LogP) is 3.25. The van der Waals surface area contributed by atoms with Gasteiger partial charge in [-0.15, -0.1) is 0 Å². The fourth-order valence-corrected chi connectivity index (χ4v) is 2.81. The van der Waals surface area contributed by atoms with Crippen LogP contribution >= 0.6 is 23.4 Å². The van der Waals surface area contributed by atoms with Crippen molar-refractivity contribution in [3.63, 3.8) is 0 Å². The van der Waals surface area contributed by atoms with Crippen LogP contribution in [0.5, 0.6) is 0 Å². The highest BCUT2D eigenvalue weighted by Crippen LogP contribution is 2.24. The number of Topliss-reactive ketones (excluding diaryl/α,β-unsaturated/α-hetero) is 1. The Hall–Kier alpha value is -2.12. The molecular formula is C16H16ClN3O3S. The summed E-state index contributed by atoms with van der Waals surface area (Å²) >= 11 is 6.98. The van der Waals surface area contributed by atoms with Gasteiger partial charge in [0.15, 0.2) is 10.9 Å². The van der Waals surface area contributed by atoms with Gasteiger partial charge in [-0.2, -0.15) is 0 Å². The van der Waals surface area contributed by atoms with E-state index in [1.807, 2.05) is 0 Å². The van der Waals surface area contributed by atoms with E-state index in [1.165, 1.54) is 6.20 Å². The van der Waals surface area contributed by atoms with E-state index in [1.54, 1.807) is 38.1 Å². The summed E-state index contributed by atoms with van der Waals surface area (Å²) in [5.74, 6) is -0.623.